The molecule has 0 bridgehead atoms. The third-order valence-corrected chi connectivity index (χ3v) is 2.84. The second-order valence-corrected chi connectivity index (χ2v) is 5.13. The summed E-state index contributed by atoms with van der Waals surface area (Å²) < 4.78 is 5.42. The number of benzene rings is 1. The Labute approximate surface area is 127 Å². The molecule has 114 valence electrons. The van der Waals surface area contributed by atoms with Crippen LogP contribution >= 0.6 is 12.4 Å². The summed E-state index contributed by atoms with van der Waals surface area (Å²) in [6.45, 7) is 6.83. The molecule has 1 aromatic rings. The summed E-state index contributed by atoms with van der Waals surface area (Å²) in [4.78, 5) is 11.5. The molecule has 0 fully saturated rings. The second-order valence-electron chi connectivity index (χ2n) is 5.13. The molecule has 1 unspecified atom stereocenters. The third kappa shape index (κ3) is 7.36. The Balaban J connectivity index is 0.00000361. The van der Waals surface area contributed by atoms with Crippen molar-refractivity contribution in [1.29, 1.82) is 0 Å². The van der Waals surface area contributed by atoms with Gasteiger partial charge in [0.15, 0.2) is 6.61 Å². The lowest BCUT2D eigenvalue weighted by Crippen LogP contribution is -2.32. The van der Waals surface area contributed by atoms with Crippen LogP contribution in [0.3, 0.4) is 0 Å². The summed E-state index contributed by atoms with van der Waals surface area (Å²) in [5.74, 6) is 1.09. The summed E-state index contributed by atoms with van der Waals surface area (Å²) in [6, 6.07) is 7.93. The zero-order valence-electron chi connectivity index (χ0n) is 12.4. The number of hydrogen-bond acceptors (Lipinski definition) is 3. The average Bonchev–Trinajstić information content (AvgIpc) is 2.36. The molecule has 0 spiro atoms. The average molecular weight is 301 g/mol. The van der Waals surface area contributed by atoms with Gasteiger partial charge in [-0.2, -0.15) is 0 Å². The first-order valence-corrected chi connectivity index (χ1v) is 6.74. The Morgan fingerprint density at radius 2 is 1.85 bits per heavy atom. The van der Waals surface area contributed by atoms with E-state index >= 15 is 0 Å². The fourth-order valence-corrected chi connectivity index (χ4v) is 1.59. The first-order valence-electron chi connectivity index (χ1n) is 6.74. The SMILES string of the molecule is CC(N)CCNC(=O)COc1ccc(C(C)C)cc1.Cl. The highest BCUT2D eigenvalue weighted by Crippen LogP contribution is 2.18. The molecular formula is C15H25ClN2O2. The van der Waals surface area contributed by atoms with Crippen molar-refractivity contribution >= 4 is 18.3 Å². The highest BCUT2D eigenvalue weighted by Gasteiger charge is 2.04. The van der Waals surface area contributed by atoms with Crippen LogP contribution in [0.5, 0.6) is 5.75 Å². The number of amides is 1. The number of hydrogen-bond donors (Lipinski definition) is 2. The molecule has 3 N–H and O–H groups in total. The molecule has 0 aliphatic rings. The minimum atomic E-state index is -0.117. The fourth-order valence-electron chi connectivity index (χ4n) is 1.59. The predicted molar refractivity (Wildman–Crippen MR) is 84.6 cm³/mol. The van der Waals surface area contributed by atoms with E-state index in [2.05, 4.69) is 19.2 Å². The van der Waals surface area contributed by atoms with Crippen molar-refractivity contribution in [3.8, 4) is 5.75 Å². The monoisotopic (exact) mass is 300 g/mol. The van der Waals surface area contributed by atoms with E-state index < -0.39 is 0 Å². The van der Waals surface area contributed by atoms with Gasteiger partial charge in [-0.15, -0.1) is 12.4 Å². The van der Waals surface area contributed by atoms with E-state index in [0.29, 0.717) is 18.2 Å². The molecule has 20 heavy (non-hydrogen) atoms. The number of ether oxygens (including phenoxy) is 1. The zero-order chi connectivity index (χ0) is 14.3. The van der Waals surface area contributed by atoms with E-state index in [-0.39, 0.29) is 31.0 Å². The number of halogens is 1. The van der Waals surface area contributed by atoms with Gasteiger partial charge in [0.2, 0.25) is 0 Å². The smallest absolute Gasteiger partial charge is 0.257 e. The zero-order valence-corrected chi connectivity index (χ0v) is 13.2. The quantitative estimate of drug-likeness (QED) is 0.813. The summed E-state index contributed by atoms with van der Waals surface area (Å²) in [7, 11) is 0. The molecule has 0 saturated carbocycles. The van der Waals surface area contributed by atoms with Crippen molar-refractivity contribution in [3.05, 3.63) is 29.8 Å². The van der Waals surface area contributed by atoms with Crippen molar-refractivity contribution in [1.82, 2.24) is 5.32 Å². The molecule has 4 nitrogen and oxygen atoms in total. The first-order chi connectivity index (χ1) is 8.99. The van der Waals surface area contributed by atoms with Crippen molar-refractivity contribution in [2.24, 2.45) is 5.73 Å². The van der Waals surface area contributed by atoms with Crippen LogP contribution < -0.4 is 15.8 Å². The summed E-state index contributed by atoms with van der Waals surface area (Å²) in [5.41, 5.74) is 6.86. The Hall–Kier alpha value is -1.26. The van der Waals surface area contributed by atoms with Gasteiger partial charge in [0.1, 0.15) is 5.75 Å². The van der Waals surface area contributed by atoms with Gasteiger partial charge in [0.05, 0.1) is 0 Å². The standard InChI is InChI=1S/C15H24N2O2.ClH/c1-11(2)13-4-6-14(7-5-13)19-10-15(18)17-9-8-12(3)16;/h4-7,11-12H,8-10,16H2,1-3H3,(H,17,18);1H. The maximum atomic E-state index is 11.5. The third-order valence-electron chi connectivity index (χ3n) is 2.84. The molecule has 0 aliphatic carbocycles. The van der Waals surface area contributed by atoms with Gasteiger partial charge in [-0.25, -0.2) is 0 Å². The van der Waals surface area contributed by atoms with Crippen LogP contribution in [0, 0.1) is 0 Å². The molecule has 0 aliphatic heterocycles. The highest BCUT2D eigenvalue weighted by molar-refractivity contribution is 5.85. The number of carbonyl (C=O) groups excluding carboxylic acids is 1. The largest absolute Gasteiger partial charge is 0.484 e. The fraction of sp³-hybridized carbons (Fsp3) is 0.533. The van der Waals surface area contributed by atoms with E-state index in [1.807, 2.05) is 31.2 Å². The molecule has 1 amide bonds. The van der Waals surface area contributed by atoms with Crippen molar-refractivity contribution < 1.29 is 9.53 Å². The van der Waals surface area contributed by atoms with E-state index in [0.717, 1.165) is 6.42 Å². The number of carbonyl (C=O) groups is 1. The molecule has 5 heteroatoms. The topological polar surface area (TPSA) is 64.3 Å². The minimum absolute atomic E-state index is 0. The minimum Gasteiger partial charge on any atom is -0.484 e. The number of nitrogens with one attached hydrogen (secondary N) is 1. The van der Waals surface area contributed by atoms with Crippen LogP contribution in [0.1, 0.15) is 38.7 Å². The van der Waals surface area contributed by atoms with Crippen molar-refractivity contribution in [3.63, 3.8) is 0 Å². The molecule has 0 aromatic heterocycles. The Kier molecular flexibility index (Phi) is 9.01. The molecule has 1 rings (SSSR count). The molecular weight excluding hydrogens is 276 g/mol. The van der Waals surface area contributed by atoms with Gasteiger partial charge < -0.3 is 15.8 Å². The first kappa shape index (κ1) is 18.7. The summed E-state index contributed by atoms with van der Waals surface area (Å²) in [5, 5.41) is 2.77. The van der Waals surface area contributed by atoms with Gasteiger partial charge in [0.25, 0.3) is 5.91 Å². The van der Waals surface area contributed by atoms with Crippen LogP contribution in [-0.4, -0.2) is 25.1 Å². The molecule has 0 radical (unpaired) electrons. The normalized spacial score (nSPS) is 11.7. The maximum Gasteiger partial charge on any atom is 0.257 e. The van der Waals surface area contributed by atoms with Crippen molar-refractivity contribution in [2.75, 3.05) is 13.2 Å². The maximum absolute atomic E-state index is 11.5. The van der Waals surface area contributed by atoms with E-state index in [1.54, 1.807) is 0 Å². The molecule has 0 heterocycles. The summed E-state index contributed by atoms with van der Waals surface area (Å²) >= 11 is 0. The van der Waals surface area contributed by atoms with Crippen LogP contribution in [0.2, 0.25) is 0 Å². The van der Waals surface area contributed by atoms with Crippen molar-refractivity contribution in [2.45, 2.75) is 39.2 Å². The van der Waals surface area contributed by atoms with Crippen LogP contribution in [0.15, 0.2) is 24.3 Å². The van der Waals surface area contributed by atoms with Crippen LogP contribution in [-0.2, 0) is 4.79 Å². The van der Waals surface area contributed by atoms with Gasteiger partial charge in [-0.1, -0.05) is 26.0 Å². The highest BCUT2D eigenvalue weighted by atomic mass is 35.5. The predicted octanol–water partition coefficient (Wildman–Crippen LogP) is 2.46. The van der Waals surface area contributed by atoms with E-state index in [1.165, 1.54) is 5.56 Å². The van der Waals surface area contributed by atoms with Gasteiger partial charge >= 0.3 is 0 Å². The molecule has 1 atom stereocenters. The number of rotatable bonds is 7. The van der Waals surface area contributed by atoms with E-state index in [4.69, 9.17) is 10.5 Å². The lowest BCUT2D eigenvalue weighted by atomic mass is 10.0. The summed E-state index contributed by atoms with van der Waals surface area (Å²) in [6.07, 6.45) is 0.773. The molecule has 1 aromatic carbocycles. The Morgan fingerprint density at radius 3 is 2.35 bits per heavy atom. The van der Waals surface area contributed by atoms with Gasteiger partial charge in [-0.3, -0.25) is 4.79 Å². The van der Waals surface area contributed by atoms with Gasteiger partial charge in [-0.05, 0) is 37.0 Å². The molecule has 0 saturated heterocycles. The van der Waals surface area contributed by atoms with Gasteiger partial charge in [0, 0.05) is 12.6 Å². The van der Waals surface area contributed by atoms with E-state index in [9.17, 15) is 4.79 Å². The lowest BCUT2D eigenvalue weighted by Gasteiger charge is -2.10. The van der Waals surface area contributed by atoms with Crippen LogP contribution in [0.25, 0.3) is 0 Å². The van der Waals surface area contributed by atoms with Crippen LogP contribution in [0.4, 0.5) is 0 Å². The lowest BCUT2D eigenvalue weighted by molar-refractivity contribution is -0.123. The Morgan fingerprint density at radius 1 is 1.25 bits per heavy atom. The second kappa shape index (κ2) is 9.61. The Bertz CT molecular complexity index is 391. The number of nitrogens with two attached hydrogens (primary N) is 1.